The molecule has 16 heavy (non-hydrogen) atoms. The van der Waals surface area contributed by atoms with Crippen LogP contribution >= 0.6 is 27.5 Å². The zero-order valence-electron chi connectivity index (χ0n) is 9.01. The second-order valence-corrected chi connectivity index (χ2v) is 4.59. The maximum Gasteiger partial charge on any atom is 0.0885 e. The van der Waals surface area contributed by atoms with Crippen molar-refractivity contribution < 1.29 is 4.74 Å². The molecule has 1 rings (SSSR count). The Morgan fingerprint density at radius 3 is 3.00 bits per heavy atom. The summed E-state index contributed by atoms with van der Waals surface area (Å²) in [6.45, 7) is 5.94. The fourth-order valence-electron chi connectivity index (χ4n) is 1.25. The lowest BCUT2D eigenvalue weighted by molar-refractivity contribution is 0.244. The summed E-state index contributed by atoms with van der Waals surface area (Å²) in [6, 6.07) is 5.81. The van der Waals surface area contributed by atoms with Gasteiger partial charge in [-0.2, -0.15) is 0 Å². The SMILES string of the molecule is C=COCCCNCc1ccc(Cl)cc1Br. The first-order valence-electron chi connectivity index (χ1n) is 5.11. The van der Waals surface area contributed by atoms with Crippen LogP contribution in [0.3, 0.4) is 0 Å². The Kier molecular flexibility index (Phi) is 6.53. The topological polar surface area (TPSA) is 21.3 Å². The Balaban J connectivity index is 2.24. The minimum absolute atomic E-state index is 0.707. The molecule has 1 aromatic rings. The summed E-state index contributed by atoms with van der Waals surface area (Å²) < 4.78 is 6.06. The van der Waals surface area contributed by atoms with Crippen LogP contribution in [0.2, 0.25) is 5.02 Å². The summed E-state index contributed by atoms with van der Waals surface area (Å²) in [5, 5.41) is 4.08. The minimum atomic E-state index is 0.707. The third-order valence-electron chi connectivity index (χ3n) is 2.06. The molecule has 0 aliphatic carbocycles. The first-order valence-corrected chi connectivity index (χ1v) is 6.28. The van der Waals surface area contributed by atoms with Gasteiger partial charge in [-0.05, 0) is 30.7 Å². The van der Waals surface area contributed by atoms with E-state index in [-0.39, 0.29) is 0 Å². The van der Waals surface area contributed by atoms with E-state index in [1.165, 1.54) is 11.8 Å². The van der Waals surface area contributed by atoms with Crippen molar-refractivity contribution in [2.24, 2.45) is 0 Å². The van der Waals surface area contributed by atoms with Gasteiger partial charge >= 0.3 is 0 Å². The second-order valence-electron chi connectivity index (χ2n) is 3.30. The molecule has 0 bridgehead atoms. The molecule has 1 aromatic carbocycles. The van der Waals surface area contributed by atoms with Gasteiger partial charge in [-0.15, -0.1) is 0 Å². The van der Waals surface area contributed by atoms with Gasteiger partial charge in [0.1, 0.15) is 0 Å². The number of hydrogen-bond donors (Lipinski definition) is 1. The molecule has 0 saturated heterocycles. The zero-order chi connectivity index (χ0) is 11.8. The first-order chi connectivity index (χ1) is 7.74. The molecule has 0 radical (unpaired) electrons. The third-order valence-corrected chi connectivity index (χ3v) is 3.04. The van der Waals surface area contributed by atoms with Crippen LogP contribution in [0.25, 0.3) is 0 Å². The van der Waals surface area contributed by atoms with Gasteiger partial charge in [-0.25, -0.2) is 0 Å². The van der Waals surface area contributed by atoms with E-state index in [1.807, 2.05) is 18.2 Å². The van der Waals surface area contributed by atoms with Crippen molar-refractivity contribution in [1.29, 1.82) is 0 Å². The summed E-state index contributed by atoms with van der Waals surface area (Å²) in [6.07, 6.45) is 2.44. The highest BCUT2D eigenvalue weighted by Gasteiger charge is 1.99. The quantitative estimate of drug-likeness (QED) is 0.612. The Labute approximate surface area is 110 Å². The second kappa shape index (κ2) is 7.71. The van der Waals surface area contributed by atoms with Crippen LogP contribution in [0.5, 0.6) is 0 Å². The van der Waals surface area contributed by atoms with Crippen molar-refractivity contribution in [2.75, 3.05) is 13.2 Å². The highest BCUT2D eigenvalue weighted by Crippen LogP contribution is 2.21. The number of halogens is 2. The van der Waals surface area contributed by atoms with Crippen LogP contribution in [0.1, 0.15) is 12.0 Å². The Hall–Kier alpha value is -0.510. The zero-order valence-corrected chi connectivity index (χ0v) is 11.4. The summed E-state index contributed by atoms with van der Waals surface area (Å²) in [4.78, 5) is 0. The van der Waals surface area contributed by atoms with Gasteiger partial charge in [0.05, 0.1) is 12.9 Å². The number of ether oxygens (including phenoxy) is 1. The molecule has 1 N–H and O–H groups in total. The van der Waals surface area contributed by atoms with Crippen molar-refractivity contribution in [3.63, 3.8) is 0 Å². The van der Waals surface area contributed by atoms with E-state index in [9.17, 15) is 0 Å². The van der Waals surface area contributed by atoms with Gasteiger partial charge in [0, 0.05) is 16.0 Å². The maximum absolute atomic E-state index is 5.86. The largest absolute Gasteiger partial charge is 0.502 e. The van der Waals surface area contributed by atoms with Crippen LogP contribution in [-0.4, -0.2) is 13.2 Å². The van der Waals surface area contributed by atoms with Gasteiger partial charge in [0.15, 0.2) is 0 Å². The van der Waals surface area contributed by atoms with E-state index in [0.29, 0.717) is 6.61 Å². The summed E-state index contributed by atoms with van der Waals surface area (Å²) in [5.41, 5.74) is 1.20. The van der Waals surface area contributed by atoms with Crippen molar-refractivity contribution in [3.8, 4) is 0 Å². The molecule has 2 nitrogen and oxygen atoms in total. The lowest BCUT2D eigenvalue weighted by atomic mass is 10.2. The normalized spacial score (nSPS) is 10.1. The van der Waals surface area contributed by atoms with Gasteiger partial charge in [0.2, 0.25) is 0 Å². The highest BCUT2D eigenvalue weighted by atomic mass is 79.9. The van der Waals surface area contributed by atoms with Crippen LogP contribution in [0, 0.1) is 0 Å². The lowest BCUT2D eigenvalue weighted by Gasteiger charge is -2.07. The summed E-state index contributed by atoms with van der Waals surface area (Å²) >= 11 is 9.34. The molecular weight excluding hydrogens is 289 g/mol. The summed E-state index contributed by atoms with van der Waals surface area (Å²) in [5.74, 6) is 0. The maximum atomic E-state index is 5.86. The van der Waals surface area contributed by atoms with Crippen molar-refractivity contribution in [2.45, 2.75) is 13.0 Å². The van der Waals surface area contributed by atoms with E-state index in [1.54, 1.807) is 0 Å². The number of nitrogens with one attached hydrogen (secondary N) is 1. The lowest BCUT2D eigenvalue weighted by Crippen LogP contribution is -2.16. The molecule has 0 unspecified atom stereocenters. The molecule has 0 heterocycles. The molecule has 0 saturated carbocycles. The third kappa shape index (κ3) is 5.01. The molecular formula is C12H15BrClNO. The van der Waals surface area contributed by atoms with Gasteiger partial charge < -0.3 is 10.1 Å². The summed E-state index contributed by atoms with van der Waals surface area (Å²) in [7, 11) is 0. The molecule has 0 aliphatic rings. The van der Waals surface area contributed by atoms with E-state index >= 15 is 0 Å². The van der Waals surface area contributed by atoms with Crippen LogP contribution in [0.4, 0.5) is 0 Å². The predicted molar refractivity (Wildman–Crippen MR) is 71.6 cm³/mol. The molecule has 0 spiro atoms. The Bertz CT molecular complexity index is 344. The van der Waals surface area contributed by atoms with Gasteiger partial charge in [0.25, 0.3) is 0 Å². The molecule has 0 aliphatic heterocycles. The van der Waals surface area contributed by atoms with Crippen LogP contribution in [0.15, 0.2) is 35.5 Å². The highest BCUT2D eigenvalue weighted by molar-refractivity contribution is 9.10. The Morgan fingerprint density at radius 1 is 1.50 bits per heavy atom. The fraction of sp³-hybridized carbons (Fsp3) is 0.333. The van der Waals surface area contributed by atoms with E-state index < -0.39 is 0 Å². The Morgan fingerprint density at radius 2 is 2.31 bits per heavy atom. The van der Waals surface area contributed by atoms with Crippen molar-refractivity contribution in [3.05, 3.63) is 46.1 Å². The molecule has 0 atom stereocenters. The monoisotopic (exact) mass is 303 g/mol. The smallest absolute Gasteiger partial charge is 0.0885 e. The van der Waals surface area contributed by atoms with Gasteiger partial charge in [-0.1, -0.05) is 40.2 Å². The van der Waals surface area contributed by atoms with E-state index in [4.69, 9.17) is 16.3 Å². The van der Waals surface area contributed by atoms with E-state index in [2.05, 4.69) is 27.8 Å². The van der Waals surface area contributed by atoms with Crippen molar-refractivity contribution >= 4 is 27.5 Å². The molecule has 0 fully saturated rings. The first kappa shape index (κ1) is 13.6. The number of benzene rings is 1. The molecule has 0 aromatic heterocycles. The number of hydrogen-bond acceptors (Lipinski definition) is 2. The average Bonchev–Trinajstić information content (AvgIpc) is 2.26. The van der Waals surface area contributed by atoms with E-state index in [0.717, 1.165) is 29.0 Å². The number of rotatable bonds is 7. The van der Waals surface area contributed by atoms with Crippen molar-refractivity contribution in [1.82, 2.24) is 5.32 Å². The average molecular weight is 305 g/mol. The van der Waals surface area contributed by atoms with Crippen LogP contribution < -0.4 is 5.32 Å². The van der Waals surface area contributed by atoms with Crippen LogP contribution in [-0.2, 0) is 11.3 Å². The molecule has 0 amide bonds. The standard InChI is InChI=1S/C12H15BrClNO/c1-2-16-7-3-6-15-9-10-4-5-11(14)8-12(10)13/h2,4-5,8,15H,1,3,6-7,9H2. The van der Waals surface area contributed by atoms with Gasteiger partial charge in [-0.3, -0.25) is 0 Å². The predicted octanol–water partition coefficient (Wildman–Crippen LogP) is 3.74. The molecule has 4 heteroatoms. The molecule has 88 valence electrons. The fourth-order valence-corrected chi connectivity index (χ4v) is 2.07. The minimum Gasteiger partial charge on any atom is -0.502 e.